The van der Waals surface area contributed by atoms with Gasteiger partial charge in [0.15, 0.2) is 0 Å². The van der Waals surface area contributed by atoms with Gasteiger partial charge in [0.25, 0.3) is 5.09 Å². The largest absolute Gasteiger partial charge is 0.508 e. The highest BCUT2D eigenvalue weighted by Gasteiger charge is 2.53. The summed E-state index contributed by atoms with van der Waals surface area (Å²) in [5, 5.41) is 19.6. The molecule has 0 amide bonds. The molecule has 3 aromatic carbocycles. The number of hydrogen-bond donors (Lipinski definition) is 1. The van der Waals surface area contributed by atoms with Gasteiger partial charge in [0, 0.05) is 17.0 Å². The Balaban J connectivity index is 1.37. The van der Waals surface area contributed by atoms with E-state index in [1.54, 1.807) is 24.3 Å². The molecule has 0 unspecified atom stereocenters. The third-order valence-electron chi connectivity index (χ3n) is 5.01. The third kappa shape index (κ3) is 6.60. The van der Waals surface area contributed by atoms with Crippen molar-refractivity contribution < 1.29 is 43.2 Å². The quantitative estimate of drug-likeness (QED) is 0.0804. The van der Waals surface area contributed by atoms with Gasteiger partial charge >= 0.3 is 11.9 Å². The molecule has 15 heteroatoms. The fraction of sp³-hybridized carbons (Fsp3) is 0.130. The second-order valence-corrected chi connectivity index (χ2v) is 22.5. The van der Waals surface area contributed by atoms with Gasteiger partial charge in [-0.3, -0.25) is 13.9 Å². The normalized spacial score (nSPS) is 20.1. The number of carbonyl (C=O) groups excluding carboxylic acids is 2. The van der Waals surface area contributed by atoms with Gasteiger partial charge in [-0.15, -0.1) is 10.1 Å². The Bertz CT molecular complexity index is 1450. The minimum atomic E-state index is -3.03. The zero-order valence-corrected chi connectivity index (χ0v) is 22.8. The molecule has 38 heavy (non-hydrogen) atoms. The van der Waals surface area contributed by atoms with Crippen LogP contribution >= 0.6 is 33.1 Å². The number of esters is 2. The molecule has 0 radical (unpaired) electrons. The molecule has 0 aliphatic carbocycles. The SMILES string of the molecule is O=C(CCCO[N+](=O)[O-])Oc1ccccc1C(=O)Oc1ccc(P2(=O)SP(=O)(c3ccc(O)cc3)S2)cc1. The maximum atomic E-state index is 13.3. The lowest BCUT2D eigenvalue weighted by Gasteiger charge is -2.33. The number of nitrogens with zero attached hydrogens (tertiary/aromatic N) is 1. The van der Waals surface area contributed by atoms with Crippen LogP contribution in [0.25, 0.3) is 0 Å². The van der Waals surface area contributed by atoms with E-state index in [9.17, 15) is 33.9 Å². The van der Waals surface area contributed by atoms with Crippen molar-refractivity contribution in [2.24, 2.45) is 0 Å². The van der Waals surface area contributed by atoms with Crippen molar-refractivity contribution in [1.82, 2.24) is 0 Å². The van der Waals surface area contributed by atoms with Gasteiger partial charge in [0.1, 0.15) is 22.8 Å². The van der Waals surface area contributed by atoms with E-state index in [-0.39, 0.29) is 42.3 Å². The highest BCUT2D eigenvalue weighted by atomic mass is 33.6. The molecule has 0 bridgehead atoms. The van der Waals surface area contributed by atoms with E-state index >= 15 is 0 Å². The number of aromatic hydroxyl groups is 1. The first kappa shape index (κ1) is 27.8. The number of benzene rings is 3. The predicted octanol–water partition coefficient (Wildman–Crippen LogP) is 5.32. The van der Waals surface area contributed by atoms with Crippen LogP contribution in [-0.2, 0) is 18.8 Å². The summed E-state index contributed by atoms with van der Waals surface area (Å²) in [6.07, 6.45) is -0.0992. The molecular formula is C23H19NO10P2S2. The Morgan fingerprint density at radius 1 is 0.868 bits per heavy atom. The average Bonchev–Trinajstić information content (AvgIpc) is 2.86. The Morgan fingerprint density at radius 2 is 1.45 bits per heavy atom. The second kappa shape index (κ2) is 11.7. The summed E-state index contributed by atoms with van der Waals surface area (Å²) in [6, 6.07) is 17.9. The topological polar surface area (TPSA) is 159 Å². The number of ether oxygens (including phenoxy) is 2. The zero-order chi connectivity index (χ0) is 27.3. The first-order valence-electron chi connectivity index (χ1n) is 10.9. The van der Waals surface area contributed by atoms with Gasteiger partial charge in [-0.1, -0.05) is 12.1 Å². The van der Waals surface area contributed by atoms with E-state index in [4.69, 9.17) is 9.47 Å². The molecule has 1 heterocycles. The number of carbonyl (C=O) groups is 2. The van der Waals surface area contributed by atoms with E-state index in [1.165, 1.54) is 48.5 Å². The van der Waals surface area contributed by atoms with Crippen LogP contribution in [0.1, 0.15) is 23.2 Å². The third-order valence-corrected chi connectivity index (χ3v) is 27.8. The van der Waals surface area contributed by atoms with Gasteiger partial charge in [-0.25, -0.2) is 4.79 Å². The summed E-state index contributed by atoms with van der Waals surface area (Å²) in [4.78, 5) is 39.1. The maximum Gasteiger partial charge on any atom is 0.347 e. The summed E-state index contributed by atoms with van der Waals surface area (Å²) < 4.78 is 36.9. The summed E-state index contributed by atoms with van der Waals surface area (Å²) in [5.41, 5.74) is -6.01. The molecule has 0 spiro atoms. The summed E-state index contributed by atoms with van der Waals surface area (Å²) in [7, 11) is 0. The smallest absolute Gasteiger partial charge is 0.347 e. The minimum absolute atomic E-state index is 0.0146. The Morgan fingerprint density at radius 3 is 2.05 bits per heavy atom. The number of rotatable bonds is 10. The van der Waals surface area contributed by atoms with Gasteiger partial charge in [-0.05, 0) is 89.1 Å². The molecule has 1 aliphatic heterocycles. The zero-order valence-electron chi connectivity index (χ0n) is 19.3. The standard InChI is InChI=1S/C23H19NO10P2S2/c25-16-7-11-18(12-8-16)35(30)37-36(31,38-35)19-13-9-17(10-14-19)33-23(27)20-4-1-2-5-21(20)34-22(26)6-3-15-32-24(28)29/h1-2,4-5,7-14,25H,3,6,15H2. The average molecular weight is 595 g/mol. The van der Waals surface area contributed by atoms with E-state index < -0.39 is 28.1 Å². The van der Waals surface area contributed by atoms with Crippen LogP contribution in [-0.4, -0.2) is 28.7 Å². The van der Waals surface area contributed by atoms with Crippen molar-refractivity contribution in [2.75, 3.05) is 6.61 Å². The molecule has 1 saturated heterocycles. The minimum Gasteiger partial charge on any atom is -0.508 e. The van der Waals surface area contributed by atoms with Crippen LogP contribution in [0.4, 0.5) is 0 Å². The van der Waals surface area contributed by atoms with Crippen molar-refractivity contribution in [3.63, 3.8) is 0 Å². The lowest BCUT2D eigenvalue weighted by atomic mass is 10.2. The van der Waals surface area contributed by atoms with Crippen LogP contribution < -0.4 is 20.1 Å². The van der Waals surface area contributed by atoms with Crippen molar-refractivity contribution in [3.05, 3.63) is 88.5 Å². The Labute approximate surface area is 223 Å². The first-order valence-corrected chi connectivity index (χ1v) is 18.4. The van der Waals surface area contributed by atoms with Gasteiger partial charge < -0.3 is 19.4 Å². The molecule has 1 fully saturated rings. The number of phenolic OH excluding ortho intramolecular Hbond substituents is 1. The predicted molar refractivity (Wildman–Crippen MR) is 143 cm³/mol. The molecular weight excluding hydrogens is 576 g/mol. The van der Waals surface area contributed by atoms with Crippen LogP contribution in [0.3, 0.4) is 0 Å². The highest BCUT2D eigenvalue weighted by Crippen LogP contribution is 3.03. The van der Waals surface area contributed by atoms with Crippen LogP contribution in [0.5, 0.6) is 17.2 Å². The van der Waals surface area contributed by atoms with Crippen molar-refractivity contribution in [2.45, 2.75) is 12.8 Å². The summed E-state index contributed by atoms with van der Waals surface area (Å²) >= 11 is 1.84. The van der Waals surface area contributed by atoms with E-state index in [0.717, 1.165) is 22.0 Å². The van der Waals surface area contributed by atoms with E-state index in [1.807, 2.05) is 0 Å². The monoisotopic (exact) mass is 595 g/mol. The Hall–Kier alpha value is -3.24. The molecule has 3 aromatic rings. The molecule has 1 N–H and O–H groups in total. The van der Waals surface area contributed by atoms with Crippen LogP contribution in [0.15, 0.2) is 72.8 Å². The van der Waals surface area contributed by atoms with Crippen LogP contribution in [0.2, 0.25) is 0 Å². The van der Waals surface area contributed by atoms with Gasteiger partial charge in [0.05, 0.1) is 6.61 Å². The molecule has 1 aliphatic rings. The summed E-state index contributed by atoms with van der Waals surface area (Å²) in [5.74, 6) is -1.34. The van der Waals surface area contributed by atoms with Crippen molar-refractivity contribution in [3.8, 4) is 17.2 Å². The molecule has 4 rings (SSSR count). The van der Waals surface area contributed by atoms with Crippen LogP contribution in [0, 0.1) is 10.1 Å². The lowest BCUT2D eigenvalue weighted by Crippen LogP contribution is -2.15. The highest BCUT2D eigenvalue weighted by molar-refractivity contribution is 9.39. The fourth-order valence-electron chi connectivity index (χ4n) is 3.23. The fourth-order valence-corrected chi connectivity index (χ4v) is 26.5. The van der Waals surface area contributed by atoms with E-state index in [2.05, 4.69) is 4.84 Å². The number of para-hydroxylation sites is 1. The maximum absolute atomic E-state index is 13.3. The van der Waals surface area contributed by atoms with Gasteiger partial charge in [-0.2, -0.15) is 0 Å². The summed E-state index contributed by atoms with van der Waals surface area (Å²) in [6.45, 7) is -0.264. The first-order chi connectivity index (χ1) is 18.1. The molecule has 198 valence electrons. The lowest BCUT2D eigenvalue weighted by molar-refractivity contribution is -0.757. The number of hydrogen-bond acceptors (Lipinski definition) is 12. The molecule has 0 atom stereocenters. The molecule has 0 aromatic heterocycles. The number of phenols is 1. The van der Waals surface area contributed by atoms with Crippen molar-refractivity contribution in [1.29, 1.82) is 0 Å². The van der Waals surface area contributed by atoms with Crippen molar-refractivity contribution >= 4 is 55.6 Å². The Kier molecular flexibility index (Phi) is 8.52. The molecule has 0 saturated carbocycles. The second-order valence-electron chi connectivity index (χ2n) is 7.69. The molecule has 11 nitrogen and oxygen atoms in total. The van der Waals surface area contributed by atoms with E-state index in [0.29, 0.717) is 10.6 Å². The van der Waals surface area contributed by atoms with Gasteiger partial charge in [0.2, 0.25) is 11.1 Å².